The molecule has 8 heteroatoms. The van der Waals surface area contributed by atoms with Crippen LogP contribution in [0.2, 0.25) is 0 Å². The Morgan fingerprint density at radius 3 is 2.58 bits per heavy atom. The van der Waals surface area contributed by atoms with E-state index in [1.807, 2.05) is 19.1 Å². The molecule has 0 bridgehead atoms. The summed E-state index contributed by atoms with van der Waals surface area (Å²) in [6.07, 6.45) is 4.85. The minimum absolute atomic E-state index is 0. The Balaban J connectivity index is 0.00000341. The molecule has 2 aromatic carbocycles. The molecule has 4 N–H and O–H groups in total. The lowest BCUT2D eigenvalue weighted by Gasteiger charge is -2.27. The first-order valence-electron chi connectivity index (χ1n) is 10.6. The van der Waals surface area contributed by atoms with Crippen LogP contribution in [0.5, 0.6) is 0 Å². The molecule has 0 saturated heterocycles. The van der Waals surface area contributed by atoms with Crippen LogP contribution in [0.1, 0.15) is 54.8 Å². The quantitative estimate of drug-likeness (QED) is 0.494. The van der Waals surface area contributed by atoms with E-state index in [-0.39, 0.29) is 29.3 Å². The average Bonchev–Trinajstić information content (AvgIpc) is 2.74. The van der Waals surface area contributed by atoms with Crippen LogP contribution in [0.4, 0.5) is 0 Å². The standard InChI is InChI=1S/C23H31N3O3S.ClH/c1-17-12-14-19(15-13-17)30(28,29)25-16-5-4-10-21(24)23(27)26-22-11-6-8-18-7-2-3-9-20(18)22;/h2-3,7,9,12-15,21-22,25H,4-6,8,10-11,16,24H2,1H3,(H,26,27);1H/t21-,22?;/m0./s1. The molecule has 6 nitrogen and oxygen atoms in total. The summed E-state index contributed by atoms with van der Waals surface area (Å²) >= 11 is 0. The number of sulfonamides is 1. The molecule has 0 aliphatic heterocycles. The molecule has 1 unspecified atom stereocenters. The lowest BCUT2D eigenvalue weighted by atomic mass is 9.87. The maximum atomic E-state index is 12.5. The molecule has 3 rings (SSSR count). The summed E-state index contributed by atoms with van der Waals surface area (Å²) in [5.74, 6) is -0.142. The minimum Gasteiger partial charge on any atom is -0.348 e. The molecule has 0 aromatic heterocycles. The molecular weight excluding hydrogens is 434 g/mol. The molecule has 2 atom stereocenters. The van der Waals surface area contributed by atoms with Crippen molar-refractivity contribution in [3.63, 3.8) is 0 Å². The van der Waals surface area contributed by atoms with Gasteiger partial charge >= 0.3 is 0 Å². The normalized spacial score (nSPS) is 16.6. The number of fused-ring (bicyclic) bond motifs is 1. The molecule has 170 valence electrons. The number of hydrogen-bond donors (Lipinski definition) is 3. The van der Waals surface area contributed by atoms with E-state index in [1.54, 1.807) is 24.3 Å². The first kappa shape index (κ1) is 25.3. The van der Waals surface area contributed by atoms with E-state index in [0.29, 0.717) is 25.8 Å². The van der Waals surface area contributed by atoms with Crippen LogP contribution in [0.25, 0.3) is 0 Å². The van der Waals surface area contributed by atoms with Crippen LogP contribution in [-0.4, -0.2) is 26.9 Å². The number of benzene rings is 2. The van der Waals surface area contributed by atoms with Gasteiger partial charge in [0.15, 0.2) is 0 Å². The zero-order chi connectivity index (χ0) is 21.6. The zero-order valence-corrected chi connectivity index (χ0v) is 19.5. The second kappa shape index (κ2) is 11.6. The number of aryl methyl sites for hydroxylation is 2. The van der Waals surface area contributed by atoms with Crippen LogP contribution in [0, 0.1) is 6.92 Å². The molecule has 1 amide bonds. The Hall–Kier alpha value is -1.93. The molecule has 1 aliphatic rings. The molecule has 2 aromatic rings. The fraction of sp³-hybridized carbons (Fsp3) is 0.435. The predicted octanol–water partition coefficient (Wildman–Crippen LogP) is 3.39. The highest BCUT2D eigenvalue weighted by Gasteiger charge is 2.23. The van der Waals surface area contributed by atoms with Gasteiger partial charge in [0, 0.05) is 6.54 Å². The largest absolute Gasteiger partial charge is 0.348 e. The van der Waals surface area contributed by atoms with Crippen LogP contribution < -0.4 is 15.8 Å². The van der Waals surface area contributed by atoms with Gasteiger partial charge in [0.2, 0.25) is 15.9 Å². The lowest BCUT2D eigenvalue weighted by molar-refractivity contribution is -0.123. The van der Waals surface area contributed by atoms with E-state index in [9.17, 15) is 13.2 Å². The molecule has 0 fully saturated rings. The maximum Gasteiger partial charge on any atom is 0.240 e. The van der Waals surface area contributed by atoms with E-state index in [1.165, 1.54) is 11.1 Å². The minimum atomic E-state index is -3.50. The van der Waals surface area contributed by atoms with Crippen LogP contribution >= 0.6 is 12.4 Å². The first-order valence-corrected chi connectivity index (χ1v) is 12.1. The summed E-state index contributed by atoms with van der Waals surface area (Å²) in [6.45, 7) is 2.23. The average molecular weight is 466 g/mol. The summed E-state index contributed by atoms with van der Waals surface area (Å²) in [4.78, 5) is 12.8. The van der Waals surface area contributed by atoms with E-state index in [4.69, 9.17) is 5.73 Å². The molecule has 0 saturated carbocycles. The van der Waals surface area contributed by atoms with E-state index < -0.39 is 16.1 Å². The number of halogens is 1. The van der Waals surface area contributed by atoms with Gasteiger partial charge in [0.05, 0.1) is 17.0 Å². The molecule has 0 radical (unpaired) electrons. The van der Waals surface area contributed by atoms with Gasteiger partial charge in [-0.3, -0.25) is 4.79 Å². The molecule has 1 aliphatic carbocycles. The van der Waals surface area contributed by atoms with Gasteiger partial charge in [0.25, 0.3) is 0 Å². The monoisotopic (exact) mass is 465 g/mol. The van der Waals surface area contributed by atoms with Gasteiger partial charge in [-0.15, -0.1) is 12.4 Å². The Morgan fingerprint density at radius 2 is 1.84 bits per heavy atom. The second-order valence-corrected chi connectivity index (χ2v) is 9.73. The molecule has 31 heavy (non-hydrogen) atoms. The number of unbranched alkanes of at least 4 members (excludes halogenated alkanes) is 1. The summed E-state index contributed by atoms with van der Waals surface area (Å²) in [7, 11) is -3.50. The zero-order valence-electron chi connectivity index (χ0n) is 17.8. The third kappa shape index (κ3) is 7.04. The Labute approximate surface area is 191 Å². The van der Waals surface area contributed by atoms with Crippen molar-refractivity contribution in [2.45, 2.75) is 62.4 Å². The fourth-order valence-electron chi connectivity index (χ4n) is 3.81. The highest BCUT2D eigenvalue weighted by atomic mass is 35.5. The van der Waals surface area contributed by atoms with Gasteiger partial charge in [-0.1, -0.05) is 48.4 Å². The van der Waals surface area contributed by atoms with Crippen LogP contribution in [-0.2, 0) is 21.2 Å². The summed E-state index contributed by atoms with van der Waals surface area (Å²) < 4.78 is 27.1. The number of amides is 1. The number of nitrogens with one attached hydrogen (secondary N) is 2. The highest BCUT2D eigenvalue weighted by Crippen LogP contribution is 2.29. The SMILES string of the molecule is Cc1ccc(S(=O)(=O)NCCCC[C@H](N)C(=O)NC2CCCc3ccccc32)cc1.Cl. The van der Waals surface area contributed by atoms with Crippen molar-refractivity contribution in [2.75, 3.05) is 6.54 Å². The Morgan fingerprint density at radius 1 is 1.13 bits per heavy atom. The van der Waals surface area contributed by atoms with Gasteiger partial charge in [0.1, 0.15) is 0 Å². The summed E-state index contributed by atoms with van der Waals surface area (Å²) in [5.41, 5.74) is 9.57. The van der Waals surface area contributed by atoms with Crippen molar-refractivity contribution in [3.8, 4) is 0 Å². The van der Waals surface area contributed by atoms with Crippen molar-refractivity contribution in [1.29, 1.82) is 0 Å². The Kier molecular flexibility index (Phi) is 9.50. The molecular formula is C23H32ClN3O3S. The molecule has 0 heterocycles. The van der Waals surface area contributed by atoms with Crippen LogP contribution in [0.15, 0.2) is 53.4 Å². The van der Waals surface area contributed by atoms with Gasteiger partial charge < -0.3 is 11.1 Å². The van der Waals surface area contributed by atoms with Crippen LogP contribution in [0.3, 0.4) is 0 Å². The van der Waals surface area contributed by atoms with Crippen molar-refractivity contribution >= 4 is 28.3 Å². The van der Waals surface area contributed by atoms with E-state index in [0.717, 1.165) is 24.8 Å². The maximum absolute atomic E-state index is 12.5. The highest BCUT2D eigenvalue weighted by molar-refractivity contribution is 7.89. The fourth-order valence-corrected chi connectivity index (χ4v) is 4.88. The van der Waals surface area contributed by atoms with Crippen molar-refractivity contribution in [2.24, 2.45) is 5.73 Å². The predicted molar refractivity (Wildman–Crippen MR) is 126 cm³/mol. The van der Waals surface area contributed by atoms with Gasteiger partial charge in [-0.25, -0.2) is 13.1 Å². The van der Waals surface area contributed by atoms with Crippen molar-refractivity contribution in [1.82, 2.24) is 10.0 Å². The summed E-state index contributed by atoms with van der Waals surface area (Å²) in [5, 5.41) is 3.09. The van der Waals surface area contributed by atoms with Gasteiger partial charge in [-0.2, -0.15) is 0 Å². The first-order chi connectivity index (χ1) is 14.4. The Bertz CT molecular complexity index is 964. The van der Waals surface area contributed by atoms with E-state index >= 15 is 0 Å². The third-order valence-corrected chi connectivity index (χ3v) is 7.06. The smallest absolute Gasteiger partial charge is 0.240 e. The topological polar surface area (TPSA) is 101 Å². The summed E-state index contributed by atoms with van der Waals surface area (Å²) in [6, 6.07) is 14.4. The number of rotatable bonds is 9. The van der Waals surface area contributed by atoms with Crippen molar-refractivity contribution in [3.05, 3.63) is 65.2 Å². The lowest BCUT2D eigenvalue weighted by Crippen LogP contribution is -2.43. The number of hydrogen-bond acceptors (Lipinski definition) is 4. The van der Waals surface area contributed by atoms with Gasteiger partial charge in [-0.05, 0) is 62.3 Å². The number of carbonyl (C=O) groups excluding carboxylic acids is 1. The second-order valence-electron chi connectivity index (χ2n) is 7.97. The van der Waals surface area contributed by atoms with Crippen molar-refractivity contribution < 1.29 is 13.2 Å². The van der Waals surface area contributed by atoms with E-state index in [2.05, 4.69) is 22.2 Å². The molecule has 0 spiro atoms. The number of nitrogens with two attached hydrogens (primary N) is 1. The number of carbonyl (C=O) groups is 1. The third-order valence-electron chi connectivity index (χ3n) is 5.59.